The summed E-state index contributed by atoms with van der Waals surface area (Å²) < 4.78 is 5.10. The first-order chi connectivity index (χ1) is 10.0. The third-order valence-electron chi connectivity index (χ3n) is 2.94. The number of rotatable bonds is 5. The largest absolute Gasteiger partial charge is 0.475 e. The fraction of sp³-hybridized carbons (Fsp3) is 0.143. The maximum atomic E-state index is 10.7. The van der Waals surface area contributed by atoms with Crippen LogP contribution in [0.1, 0.15) is 27.8 Å². The number of hydrogen-bond acceptors (Lipinski definition) is 5. The van der Waals surface area contributed by atoms with Gasteiger partial charge in [0.05, 0.1) is 16.9 Å². The van der Waals surface area contributed by atoms with E-state index in [-0.39, 0.29) is 17.9 Å². The van der Waals surface area contributed by atoms with Gasteiger partial charge in [0.25, 0.3) is 5.69 Å². The van der Waals surface area contributed by atoms with Crippen molar-refractivity contribution < 1.29 is 19.2 Å². The van der Waals surface area contributed by atoms with Crippen molar-refractivity contribution in [2.75, 3.05) is 0 Å². The third-order valence-corrected chi connectivity index (χ3v) is 2.94. The molecule has 0 aliphatic carbocycles. The van der Waals surface area contributed by atoms with Gasteiger partial charge in [-0.25, -0.2) is 4.79 Å². The standard InChI is InChI=1S/C14H10N2O5/c15-8-10(7-12-5-6-13(21-12)14(17)18)9-1-3-11(4-2-9)16(19)20/h1-6,10H,7H2,(H,17,18). The summed E-state index contributed by atoms with van der Waals surface area (Å²) in [5.41, 5.74) is 0.554. The summed E-state index contributed by atoms with van der Waals surface area (Å²) >= 11 is 0. The van der Waals surface area contributed by atoms with E-state index in [1.807, 2.05) is 0 Å². The molecule has 0 amide bonds. The molecule has 0 radical (unpaired) electrons. The Morgan fingerprint density at radius 1 is 1.33 bits per heavy atom. The highest BCUT2D eigenvalue weighted by Crippen LogP contribution is 2.23. The lowest BCUT2D eigenvalue weighted by atomic mass is 9.96. The van der Waals surface area contributed by atoms with Crippen molar-refractivity contribution >= 4 is 11.7 Å². The first-order valence-corrected chi connectivity index (χ1v) is 5.97. The number of nitro groups is 1. The van der Waals surface area contributed by atoms with Gasteiger partial charge in [-0.05, 0) is 17.7 Å². The molecule has 1 unspecified atom stereocenters. The number of hydrogen-bond donors (Lipinski definition) is 1. The molecule has 1 N–H and O–H groups in total. The van der Waals surface area contributed by atoms with Crippen molar-refractivity contribution in [2.45, 2.75) is 12.3 Å². The van der Waals surface area contributed by atoms with Crippen molar-refractivity contribution in [1.29, 1.82) is 5.26 Å². The number of carbonyl (C=O) groups is 1. The van der Waals surface area contributed by atoms with Gasteiger partial charge < -0.3 is 9.52 Å². The van der Waals surface area contributed by atoms with Crippen molar-refractivity contribution in [3.8, 4) is 6.07 Å². The van der Waals surface area contributed by atoms with E-state index < -0.39 is 16.8 Å². The van der Waals surface area contributed by atoms with Gasteiger partial charge in [0.2, 0.25) is 5.76 Å². The molecule has 1 aromatic carbocycles. The Labute approximate surface area is 119 Å². The van der Waals surface area contributed by atoms with Crippen molar-refractivity contribution in [3.63, 3.8) is 0 Å². The molecule has 0 aliphatic rings. The second kappa shape index (κ2) is 5.88. The lowest BCUT2D eigenvalue weighted by Crippen LogP contribution is -2.00. The van der Waals surface area contributed by atoms with Crippen LogP contribution >= 0.6 is 0 Å². The normalized spacial score (nSPS) is 11.6. The van der Waals surface area contributed by atoms with Crippen LogP contribution in [-0.4, -0.2) is 16.0 Å². The molecule has 0 aliphatic heterocycles. The van der Waals surface area contributed by atoms with Crippen LogP contribution in [-0.2, 0) is 6.42 Å². The first-order valence-electron chi connectivity index (χ1n) is 5.97. The van der Waals surface area contributed by atoms with Gasteiger partial charge in [-0.15, -0.1) is 0 Å². The average molecular weight is 286 g/mol. The molecule has 7 heteroatoms. The third kappa shape index (κ3) is 3.25. The Kier molecular flexibility index (Phi) is 4.00. The highest BCUT2D eigenvalue weighted by atomic mass is 16.6. The summed E-state index contributed by atoms with van der Waals surface area (Å²) in [6, 6.07) is 10.6. The quantitative estimate of drug-likeness (QED) is 0.667. The van der Waals surface area contributed by atoms with E-state index >= 15 is 0 Å². The number of nitrogens with zero attached hydrogens (tertiary/aromatic N) is 2. The number of furan rings is 1. The van der Waals surface area contributed by atoms with E-state index in [0.29, 0.717) is 11.3 Å². The predicted molar refractivity (Wildman–Crippen MR) is 70.8 cm³/mol. The fourth-order valence-electron chi connectivity index (χ4n) is 1.87. The summed E-state index contributed by atoms with van der Waals surface area (Å²) in [6.45, 7) is 0. The molecule has 1 atom stereocenters. The molecule has 21 heavy (non-hydrogen) atoms. The number of carboxylic acids is 1. The van der Waals surface area contributed by atoms with Gasteiger partial charge in [0, 0.05) is 18.6 Å². The SMILES string of the molecule is N#CC(Cc1ccc(C(=O)O)o1)c1ccc([N+](=O)[O-])cc1. The smallest absolute Gasteiger partial charge is 0.371 e. The second-order valence-corrected chi connectivity index (χ2v) is 4.31. The van der Waals surface area contributed by atoms with E-state index in [4.69, 9.17) is 9.52 Å². The summed E-state index contributed by atoms with van der Waals surface area (Å²) in [5.74, 6) is -1.56. The molecule has 2 aromatic rings. The Morgan fingerprint density at radius 2 is 2.00 bits per heavy atom. The van der Waals surface area contributed by atoms with Gasteiger partial charge >= 0.3 is 5.97 Å². The Bertz CT molecular complexity index is 712. The number of nitro benzene ring substituents is 1. The first kappa shape index (κ1) is 14.3. The zero-order chi connectivity index (χ0) is 15.4. The zero-order valence-corrected chi connectivity index (χ0v) is 10.7. The van der Waals surface area contributed by atoms with Crippen LogP contribution in [0.2, 0.25) is 0 Å². The number of nitriles is 1. The fourth-order valence-corrected chi connectivity index (χ4v) is 1.87. The lowest BCUT2D eigenvalue weighted by molar-refractivity contribution is -0.384. The molecule has 1 aromatic heterocycles. The van der Waals surface area contributed by atoms with Gasteiger partial charge in [0.1, 0.15) is 5.76 Å². The summed E-state index contributed by atoms with van der Waals surface area (Å²) in [5, 5.41) is 28.5. The van der Waals surface area contributed by atoms with E-state index in [9.17, 15) is 20.2 Å². The van der Waals surface area contributed by atoms with Crippen LogP contribution in [0.4, 0.5) is 5.69 Å². The summed E-state index contributed by atoms with van der Waals surface area (Å²) in [4.78, 5) is 20.8. The minimum absolute atomic E-state index is 0.0541. The van der Waals surface area contributed by atoms with Gasteiger partial charge in [-0.2, -0.15) is 5.26 Å². The van der Waals surface area contributed by atoms with Crippen LogP contribution < -0.4 is 0 Å². The Balaban J connectivity index is 2.17. The maximum Gasteiger partial charge on any atom is 0.371 e. The lowest BCUT2D eigenvalue weighted by Gasteiger charge is -2.07. The number of aromatic carboxylic acids is 1. The predicted octanol–water partition coefficient (Wildman–Crippen LogP) is 2.74. The molecule has 0 saturated carbocycles. The average Bonchev–Trinajstić information content (AvgIpc) is 2.93. The number of carboxylic acid groups (broad SMARTS) is 1. The summed E-state index contributed by atoms with van der Waals surface area (Å²) in [6.07, 6.45) is 0.196. The molecule has 7 nitrogen and oxygen atoms in total. The molecular formula is C14H10N2O5. The van der Waals surface area contributed by atoms with Crippen molar-refractivity contribution in [3.05, 3.63) is 63.6 Å². The van der Waals surface area contributed by atoms with E-state index in [0.717, 1.165) is 0 Å². The van der Waals surface area contributed by atoms with E-state index in [2.05, 4.69) is 6.07 Å². The van der Waals surface area contributed by atoms with Crippen LogP contribution in [0.5, 0.6) is 0 Å². The topological polar surface area (TPSA) is 117 Å². The van der Waals surface area contributed by atoms with Crippen molar-refractivity contribution in [2.24, 2.45) is 0 Å². The molecular weight excluding hydrogens is 276 g/mol. The molecule has 0 bridgehead atoms. The minimum Gasteiger partial charge on any atom is -0.475 e. The molecule has 106 valence electrons. The zero-order valence-electron chi connectivity index (χ0n) is 10.7. The van der Waals surface area contributed by atoms with Gasteiger partial charge in [0.15, 0.2) is 0 Å². The van der Waals surface area contributed by atoms with Crippen LogP contribution in [0.3, 0.4) is 0 Å². The van der Waals surface area contributed by atoms with Gasteiger partial charge in [-0.1, -0.05) is 12.1 Å². The second-order valence-electron chi connectivity index (χ2n) is 4.31. The van der Waals surface area contributed by atoms with Crippen LogP contribution in [0.15, 0.2) is 40.8 Å². The molecule has 0 fully saturated rings. The molecule has 0 spiro atoms. The Hall–Kier alpha value is -3.14. The highest BCUT2D eigenvalue weighted by Gasteiger charge is 2.17. The van der Waals surface area contributed by atoms with Crippen molar-refractivity contribution in [1.82, 2.24) is 0 Å². The van der Waals surface area contributed by atoms with E-state index in [1.165, 1.54) is 36.4 Å². The van der Waals surface area contributed by atoms with Crippen LogP contribution in [0.25, 0.3) is 0 Å². The monoisotopic (exact) mass is 286 g/mol. The number of benzene rings is 1. The minimum atomic E-state index is -1.18. The summed E-state index contributed by atoms with van der Waals surface area (Å²) in [7, 11) is 0. The van der Waals surface area contributed by atoms with Crippen LogP contribution in [0, 0.1) is 21.4 Å². The maximum absolute atomic E-state index is 10.7. The molecule has 1 heterocycles. The molecule has 0 saturated heterocycles. The highest BCUT2D eigenvalue weighted by molar-refractivity contribution is 5.84. The van der Waals surface area contributed by atoms with E-state index in [1.54, 1.807) is 0 Å². The Morgan fingerprint density at radius 3 is 2.48 bits per heavy atom. The molecule has 2 rings (SSSR count). The van der Waals surface area contributed by atoms with Gasteiger partial charge in [-0.3, -0.25) is 10.1 Å². The number of non-ortho nitro benzene ring substituents is 1.